The van der Waals surface area contributed by atoms with Crippen molar-refractivity contribution in [1.29, 1.82) is 5.26 Å². The van der Waals surface area contributed by atoms with Crippen molar-refractivity contribution in [3.63, 3.8) is 0 Å². The van der Waals surface area contributed by atoms with Crippen LogP contribution in [0, 0.1) is 18.3 Å². The lowest BCUT2D eigenvalue weighted by atomic mass is 9.93. The minimum Gasteiger partial charge on any atom is -0.494 e. The summed E-state index contributed by atoms with van der Waals surface area (Å²) < 4.78 is 18.0. The number of aromatic nitrogens is 2. The highest BCUT2D eigenvalue weighted by molar-refractivity contribution is 6.00. The Morgan fingerprint density at radius 3 is 2.22 bits per heavy atom. The molecule has 0 saturated heterocycles. The van der Waals surface area contributed by atoms with E-state index in [1.807, 2.05) is 30.3 Å². The van der Waals surface area contributed by atoms with Crippen LogP contribution in [-0.2, 0) is 25.6 Å². The van der Waals surface area contributed by atoms with Gasteiger partial charge in [-0.15, -0.1) is 0 Å². The summed E-state index contributed by atoms with van der Waals surface area (Å²) in [5.74, 6) is -1.51. The van der Waals surface area contributed by atoms with Crippen molar-refractivity contribution in [2.24, 2.45) is 17.2 Å². The van der Waals surface area contributed by atoms with Crippen molar-refractivity contribution in [3.05, 3.63) is 89.2 Å². The third-order valence-corrected chi connectivity index (χ3v) is 11.0. The molecule has 0 fully saturated rings. The number of nitrogens with one attached hydrogen (secondary N) is 4. The lowest BCUT2D eigenvalue weighted by molar-refractivity contribution is -0.141. The molecule has 67 heavy (non-hydrogen) atoms. The summed E-state index contributed by atoms with van der Waals surface area (Å²) in [4.78, 5) is 80.4. The first-order valence-electron chi connectivity index (χ1n) is 22.4. The number of benzene rings is 3. The zero-order chi connectivity index (χ0) is 48.5. The van der Waals surface area contributed by atoms with Crippen LogP contribution in [0.5, 0.6) is 17.2 Å². The topological polar surface area (TPSA) is 292 Å². The van der Waals surface area contributed by atoms with Crippen LogP contribution >= 0.6 is 0 Å². The molecule has 0 spiro atoms. The first-order chi connectivity index (χ1) is 32.3. The van der Waals surface area contributed by atoms with E-state index in [2.05, 4.69) is 38.2 Å². The number of nitrogens with zero attached hydrogens (tertiary/aromatic N) is 4. The number of amides is 5. The van der Waals surface area contributed by atoms with E-state index >= 15 is 0 Å². The first-order valence-corrected chi connectivity index (χ1v) is 22.4. The van der Waals surface area contributed by atoms with Crippen molar-refractivity contribution in [1.82, 2.24) is 36.1 Å². The monoisotopic (exact) mass is 919 g/mol. The molecule has 1 aromatic heterocycles. The van der Waals surface area contributed by atoms with Crippen LogP contribution in [0.15, 0.2) is 66.9 Å². The highest BCUT2D eigenvalue weighted by Gasteiger charge is 2.36. The summed E-state index contributed by atoms with van der Waals surface area (Å²) in [7, 11) is 1.41. The van der Waals surface area contributed by atoms with Crippen molar-refractivity contribution in [3.8, 4) is 45.8 Å². The highest BCUT2D eigenvalue weighted by Crippen LogP contribution is 2.40. The molecular formula is C48H61N11O8. The molecule has 0 aliphatic carbocycles. The van der Waals surface area contributed by atoms with E-state index in [9.17, 15) is 24.0 Å². The summed E-state index contributed by atoms with van der Waals surface area (Å²) in [6.45, 7) is 6.20. The smallest absolute Gasteiger partial charge is 0.255 e. The van der Waals surface area contributed by atoms with Gasteiger partial charge >= 0.3 is 0 Å². The van der Waals surface area contributed by atoms with E-state index in [0.717, 1.165) is 30.6 Å². The number of likely N-dealkylation sites (N-methyl/N-ethyl adjacent to an activating group) is 1. The van der Waals surface area contributed by atoms with Crippen LogP contribution in [0.2, 0.25) is 0 Å². The third-order valence-electron chi connectivity index (χ3n) is 11.0. The number of nitrogens with two attached hydrogens (primary N) is 3. The van der Waals surface area contributed by atoms with Gasteiger partial charge in [-0.1, -0.05) is 31.9 Å². The molecule has 19 nitrogen and oxygen atoms in total. The van der Waals surface area contributed by atoms with Crippen molar-refractivity contribution in [2.75, 3.05) is 53.0 Å². The molecular weight excluding hydrogens is 859 g/mol. The Balaban J connectivity index is 1.51. The van der Waals surface area contributed by atoms with Gasteiger partial charge in [0, 0.05) is 49.4 Å². The van der Waals surface area contributed by atoms with Gasteiger partial charge in [-0.3, -0.25) is 24.0 Å². The number of unbranched alkanes of at least 4 members (excludes halogenated alkanes) is 2. The largest absolute Gasteiger partial charge is 0.494 e. The van der Waals surface area contributed by atoms with Crippen LogP contribution in [0.4, 0.5) is 0 Å². The minimum absolute atomic E-state index is 0.000635. The van der Waals surface area contributed by atoms with Gasteiger partial charge in [0.2, 0.25) is 23.6 Å². The van der Waals surface area contributed by atoms with E-state index < -0.39 is 53.7 Å². The van der Waals surface area contributed by atoms with E-state index in [1.165, 1.54) is 25.1 Å². The maximum absolute atomic E-state index is 14.7. The molecule has 19 heteroatoms. The SMILES string of the molecule is CCCCCOc1ccc(-c2ncc(C(=O)NC(CCN)C(=O)N(C)C3C(=O)NC(C)C(=O)NC(C(=O)NCC#N)Cc4ccc(OCCN)c(c4)-c4cc3ccc4OCCN)c(C)n2)cc1. The van der Waals surface area contributed by atoms with Crippen molar-refractivity contribution in [2.45, 2.75) is 77.0 Å². The number of carbonyl (C=O) groups is 5. The molecule has 4 bridgehead atoms. The predicted molar refractivity (Wildman–Crippen MR) is 251 cm³/mol. The quantitative estimate of drug-likeness (QED) is 0.0494. The summed E-state index contributed by atoms with van der Waals surface area (Å²) in [6.07, 6.45) is 4.53. The maximum atomic E-state index is 14.7. The molecule has 5 rings (SSSR count). The van der Waals surface area contributed by atoms with Crippen molar-refractivity contribution < 1.29 is 38.2 Å². The van der Waals surface area contributed by atoms with E-state index in [-0.39, 0.29) is 57.8 Å². The van der Waals surface area contributed by atoms with E-state index in [0.29, 0.717) is 51.9 Å². The number of rotatable bonds is 20. The fourth-order valence-electron chi connectivity index (χ4n) is 7.44. The van der Waals surface area contributed by atoms with Crippen LogP contribution < -0.4 is 52.7 Å². The molecule has 1 aliphatic heterocycles. The Hall–Kier alpha value is -7.14. The van der Waals surface area contributed by atoms with Gasteiger partial charge in [0.05, 0.1) is 23.9 Å². The number of carbonyl (C=O) groups excluding carboxylic acids is 5. The van der Waals surface area contributed by atoms with E-state index in [1.54, 1.807) is 43.3 Å². The molecule has 0 radical (unpaired) electrons. The average molecular weight is 920 g/mol. The molecule has 1 aliphatic rings. The van der Waals surface area contributed by atoms with Gasteiger partial charge in [-0.25, -0.2) is 9.97 Å². The normalized spacial score (nSPS) is 16.2. The molecule has 356 valence electrons. The maximum Gasteiger partial charge on any atom is 0.255 e. The Morgan fingerprint density at radius 2 is 1.58 bits per heavy atom. The first kappa shape index (κ1) is 50.9. The molecule has 3 aromatic carbocycles. The second-order valence-corrected chi connectivity index (χ2v) is 16.0. The summed E-state index contributed by atoms with van der Waals surface area (Å²) >= 11 is 0. The lowest BCUT2D eigenvalue weighted by Crippen LogP contribution is -2.56. The fraction of sp³-hybridized carbons (Fsp3) is 0.417. The number of hydrogen-bond acceptors (Lipinski definition) is 14. The molecule has 0 saturated carbocycles. The molecule has 5 amide bonds. The number of fused-ring (bicyclic) bond motifs is 5. The Kier molecular flexibility index (Phi) is 18.9. The van der Waals surface area contributed by atoms with Crippen LogP contribution in [0.1, 0.15) is 72.8 Å². The van der Waals surface area contributed by atoms with Gasteiger partial charge in [0.1, 0.15) is 61.2 Å². The third kappa shape index (κ3) is 13.5. The van der Waals surface area contributed by atoms with Gasteiger partial charge in [-0.05, 0) is 92.9 Å². The minimum atomic E-state index is -1.41. The van der Waals surface area contributed by atoms with Crippen molar-refractivity contribution >= 4 is 29.5 Å². The van der Waals surface area contributed by atoms with E-state index in [4.69, 9.17) is 36.7 Å². The molecule has 4 unspecified atom stereocenters. The average Bonchev–Trinajstić information content (AvgIpc) is 3.32. The predicted octanol–water partition coefficient (Wildman–Crippen LogP) is 2.20. The number of ether oxygens (including phenoxy) is 3. The number of nitriles is 1. The van der Waals surface area contributed by atoms with Gasteiger partial charge in [0.25, 0.3) is 5.91 Å². The molecule has 10 N–H and O–H groups in total. The highest BCUT2D eigenvalue weighted by atomic mass is 16.5. The standard InChI is InChI=1S/C48H61N11O8/c1-5-6-7-22-65-34-12-9-32(10-13-34)43-54-28-37(29(2)55-43)45(61)57-38(16-17-49)48(64)59(4)42-33-11-15-41(67-24-20-52)36(27-33)35-25-31(8-14-40(35)66-23-19-51)26-39(46(62)53-21-18-50)58-44(60)30(3)56-47(42)63/h8-15,25,27-28,30,38-39,42H,5-7,16-17,19-24,26,49,51-52H2,1-4H3,(H,53,62)(H,56,63)(H,57,61)(H,58,60). The summed E-state index contributed by atoms with van der Waals surface area (Å²) in [5.41, 5.74) is 20.7. The Morgan fingerprint density at radius 1 is 0.896 bits per heavy atom. The zero-order valence-electron chi connectivity index (χ0n) is 38.4. The van der Waals surface area contributed by atoms with Gasteiger partial charge in [0.15, 0.2) is 5.82 Å². The fourth-order valence-corrected chi connectivity index (χ4v) is 7.44. The Labute approximate surface area is 390 Å². The molecule has 4 aromatic rings. The second-order valence-electron chi connectivity index (χ2n) is 16.0. The lowest BCUT2D eigenvalue weighted by Gasteiger charge is -2.32. The van der Waals surface area contributed by atoms with Crippen LogP contribution in [0.25, 0.3) is 22.5 Å². The summed E-state index contributed by atoms with van der Waals surface area (Å²) in [6, 6.07) is 14.4. The van der Waals surface area contributed by atoms with Crippen LogP contribution in [0.3, 0.4) is 0 Å². The zero-order valence-corrected chi connectivity index (χ0v) is 38.4. The second kappa shape index (κ2) is 25.0. The number of aryl methyl sites for hydroxylation is 1. The molecule has 2 heterocycles. The summed E-state index contributed by atoms with van der Waals surface area (Å²) in [5, 5.41) is 19.9. The van der Waals surface area contributed by atoms with Gasteiger partial charge < -0.3 is 57.6 Å². The Bertz CT molecular complexity index is 2410. The molecule has 4 atom stereocenters. The van der Waals surface area contributed by atoms with Gasteiger partial charge in [-0.2, -0.15) is 5.26 Å². The van der Waals surface area contributed by atoms with Crippen LogP contribution in [-0.4, -0.2) is 116 Å². The number of hydrogen-bond donors (Lipinski definition) is 7.